The van der Waals surface area contributed by atoms with E-state index in [1.54, 1.807) is 67.6 Å². The predicted molar refractivity (Wildman–Crippen MR) is 153 cm³/mol. The van der Waals surface area contributed by atoms with Gasteiger partial charge in [-0.15, -0.1) is 0 Å². The highest BCUT2D eigenvalue weighted by molar-refractivity contribution is 9.11. The van der Waals surface area contributed by atoms with Gasteiger partial charge in [-0.1, -0.05) is 42.1 Å². The summed E-state index contributed by atoms with van der Waals surface area (Å²) in [6, 6.07) is 18.0. The first-order valence-corrected chi connectivity index (χ1v) is 13.7. The number of aliphatic hydroxyl groups is 1. The van der Waals surface area contributed by atoms with Crippen molar-refractivity contribution in [3.8, 4) is 5.75 Å². The number of nitrogens with zero attached hydrogens (tertiary/aromatic N) is 1. The van der Waals surface area contributed by atoms with Crippen LogP contribution in [-0.4, -0.2) is 28.6 Å². The Labute approximate surface area is 239 Å². The molecule has 1 heterocycles. The molecule has 0 bridgehead atoms. The van der Waals surface area contributed by atoms with Gasteiger partial charge < -0.3 is 14.6 Å². The van der Waals surface area contributed by atoms with Gasteiger partial charge in [0.15, 0.2) is 0 Å². The van der Waals surface area contributed by atoms with Gasteiger partial charge in [0.1, 0.15) is 34.5 Å². The largest absolute Gasteiger partial charge is 0.506 e. The lowest BCUT2D eigenvalue weighted by molar-refractivity contribution is -0.138. The number of amides is 1. The van der Waals surface area contributed by atoms with Crippen molar-refractivity contribution in [2.24, 2.45) is 4.99 Å². The Kier molecular flexibility index (Phi) is 9.19. The van der Waals surface area contributed by atoms with Crippen molar-refractivity contribution in [1.82, 2.24) is 0 Å². The first-order valence-electron chi connectivity index (χ1n) is 11.3. The summed E-state index contributed by atoms with van der Waals surface area (Å²) in [6.07, 6.45) is 1.66. The molecule has 10 heteroatoms. The van der Waals surface area contributed by atoms with Gasteiger partial charge in [-0.3, -0.25) is 4.79 Å². The average molecular weight is 661 g/mol. The van der Waals surface area contributed by atoms with Crippen LogP contribution < -0.4 is 4.74 Å². The molecule has 3 aromatic rings. The highest BCUT2D eigenvalue weighted by Gasteiger charge is 2.34. The molecule has 6 nitrogen and oxygen atoms in total. The number of aliphatic hydroxyl groups excluding tert-OH is 1. The van der Waals surface area contributed by atoms with Crippen molar-refractivity contribution >= 4 is 66.6 Å². The van der Waals surface area contributed by atoms with Gasteiger partial charge in [0.2, 0.25) is 0 Å². The maximum atomic E-state index is 13.2. The van der Waals surface area contributed by atoms with E-state index < -0.39 is 11.9 Å². The summed E-state index contributed by atoms with van der Waals surface area (Å²) in [5.74, 6) is -1.42. The van der Waals surface area contributed by atoms with Crippen LogP contribution in [-0.2, 0) is 16.1 Å². The molecule has 38 heavy (non-hydrogen) atoms. The van der Waals surface area contributed by atoms with Crippen molar-refractivity contribution in [2.75, 3.05) is 6.61 Å². The fourth-order valence-electron chi connectivity index (χ4n) is 3.42. The molecule has 1 aliphatic heterocycles. The molecule has 0 saturated heterocycles. The minimum absolute atomic E-state index is 0.0541. The lowest BCUT2D eigenvalue weighted by Gasteiger charge is -2.12. The fourth-order valence-corrected chi connectivity index (χ4v) is 5.88. The molecular formula is C28H20Br2FNO5S. The van der Waals surface area contributed by atoms with Gasteiger partial charge in [-0.25, -0.2) is 14.2 Å². The van der Waals surface area contributed by atoms with Crippen LogP contribution in [0.5, 0.6) is 5.75 Å². The van der Waals surface area contributed by atoms with Crippen molar-refractivity contribution in [3.63, 3.8) is 0 Å². The number of aliphatic imine (C=N–C) groups is 1. The number of ether oxygens (including phenoxy) is 2. The van der Waals surface area contributed by atoms with Crippen molar-refractivity contribution in [1.29, 1.82) is 0 Å². The lowest BCUT2D eigenvalue weighted by Crippen LogP contribution is -2.14. The third kappa shape index (κ3) is 6.61. The number of rotatable bonds is 7. The third-order valence-corrected chi connectivity index (χ3v) is 7.41. The van der Waals surface area contributed by atoms with E-state index in [0.29, 0.717) is 30.7 Å². The predicted octanol–water partition coefficient (Wildman–Crippen LogP) is 7.63. The number of halogens is 3. The van der Waals surface area contributed by atoms with Crippen LogP contribution in [0.4, 0.5) is 4.39 Å². The molecule has 0 saturated carbocycles. The quantitative estimate of drug-likeness (QED) is 0.262. The van der Waals surface area contributed by atoms with E-state index in [2.05, 4.69) is 36.9 Å². The zero-order valence-corrected chi connectivity index (χ0v) is 23.9. The van der Waals surface area contributed by atoms with Gasteiger partial charge in [0, 0.05) is 5.56 Å². The monoisotopic (exact) mass is 659 g/mol. The number of carbonyl (C=O) groups is 2. The number of thioether (sulfide) groups is 1. The molecule has 1 aliphatic rings. The molecule has 0 atom stereocenters. The van der Waals surface area contributed by atoms with Crippen LogP contribution in [0.3, 0.4) is 0 Å². The van der Waals surface area contributed by atoms with Crippen LogP contribution in [0.2, 0.25) is 0 Å². The third-order valence-electron chi connectivity index (χ3n) is 5.21. The smallest absolute Gasteiger partial charge is 0.344 e. The van der Waals surface area contributed by atoms with E-state index in [0.717, 1.165) is 17.3 Å². The Morgan fingerprint density at radius 1 is 1.05 bits per heavy atom. The van der Waals surface area contributed by atoms with Crippen molar-refractivity contribution in [2.45, 2.75) is 13.5 Å². The summed E-state index contributed by atoms with van der Waals surface area (Å²) in [7, 11) is 0. The second-order valence-corrected chi connectivity index (χ2v) is 10.6. The van der Waals surface area contributed by atoms with Gasteiger partial charge in [-0.2, -0.15) is 0 Å². The molecule has 4 rings (SSSR count). The minimum atomic E-state index is -0.771. The summed E-state index contributed by atoms with van der Waals surface area (Å²) in [4.78, 5) is 29.7. The molecule has 0 radical (unpaired) electrons. The SMILES string of the molecule is CCOC(=O)C1=C(O)/C(=C/c2cc(Br)c(OCc3ccc(F)cc3)c(Br)c2)SC1=NC(=O)c1ccccc1. The molecular weight excluding hydrogens is 641 g/mol. The normalized spacial score (nSPS) is 15.3. The topological polar surface area (TPSA) is 85.2 Å². The maximum Gasteiger partial charge on any atom is 0.344 e. The van der Waals surface area contributed by atoms with E-state index in [9.17, 15) is 19.1 Å². The molecule has 0 aromatic heterocycles. The number of carbonyl (C=O) groups excluding carboxylic acids is 2. The van der Waals surface area contributed by atoms with Gasteiger partial charge in [-0.05, 0) is 92.4 Å². The number of benzene rings is 3. The Balaban J connectivity index is 1.62. The maximum absolute atomic E-state index is 13.2. The zero-order valence-electron chi connectivity index (χ0n) is 19.9. The highest BCUT2D eigenvalue weighted by Crippen LogP contribution is 2.41. The number of hydrogen-bond donors (Lipinski definition) is 1. The van der Waals surface area contributed by atoms with Crippen molar-refractivity contribution in [3.05, 3.63) is 114 Å². The Morgan fingerprint density at radius 2 is 1.71 bits per heavy atom. The van der Waals surface area contributed by atoms with E-state index in [-0.39, 0.29) is 35.4 Å². The van der Waals surface area contributed by atoms with Crippen LogP contribution in [0.1, 0.15) is 28.4 Å². The first-order chi connectivity index (χ1) is 18.3. The fraction of sp³-hybridized carbons (Fsp3) is 0.107. The van der Waals surface area contributed by atoms with Gasteiger partial charge in [0.25, 0.3) is 5.91 Å². The first kappa shape index (κ1) is 27.8. The zero-order chi connectivity index (χ0) is 27.2. The summed E-state index contributed by atoms with van der Waals surface area (Å²) in [5.41, 5.74) is 1.66. The molecule has 3 aromatic carbocycles. The molecule has 194 valence electrons. The molecule has 1 amide bonds. The molecule has 0 unspecified atom stereocenters. The summed E-state index contributed by atoms with van der Waals surface area (Å²) in [5, 5.41) is 11.0. The number of esters is 1. The number of hydrogen-bond acceptors (Lipinski definition) is 6. The summed E-state index contributed by atoms with van der Waals surface area (Å²) >= 11 is 8.01. The summed E-state index contributed by atoms with van der Waals surface area (Å²) < 4.78 is 25.4. The molecule has 0 spiro atoms. The molecule has 1 N–H and O–H groups in total. The standard InChI is InChI=1S/C28H20Br2FNO5S/c1-2-36-28(35)23-24(33)22(38-27(23)32-26(34)18-6-4-3-5-7-18)14-17-12-20(29)25(21(30)13-17)37-15-16-8-10-19(31)11-9-16/h3-14,33H,2,15H2,1H3/b22-14-,32-27?. The summed E-state index contributed by atoms with van der Waals surface area (Å²) in [6.45, 7) is 1.98. The Morgan fingerprint density at radius 3 is 2.34 bits per heavy atom. The molecule has 0 aliphatic carbocycles. The van der Waals surface area contributed by atoms with E-state index in [4.69, 9.17) is 9.47 Å². The Bertz CT molecular complexity index is 1450. The van der Waals surface area contributed by atoms with Crippen LogP contribution in [0.15, 0.2) is 96.9 Å². The lowest BCUT2D eigenvalue weighted by atomic mass is 10.1. The second kappa shape index (κ2) is 12.6. The van der Waals surface area contributed by atoms with E-state index in [1.165, 1.54) is 12.1 Å². The van der Waals surface area contributed by atoms with Crippen LogP contribution in [0.25, 0.3) is 6.08 Å². The Hall–Kier alpha value is -3.21. The van der Waals surface area contributed by atoms with Gasteiger partial charge in [0.05, 0.1) is 20.5 Å². The van der Waals surface area contributed by atoms with E-state index in [1.807, 2.05) is 0 Å². The minimum Gasteiger partial charge on any atom is -0.506 e. The van der Waals surface area contributed by atoms with Crippen molar-refractivity contribution < 1.29 is 28.6 Å². The van der Waals surface area contributed by atoms with Crippen LogP contribution >= 0.6 is 43.6 Å². The van der Waals surface area contributed by atoms with Crippen LogP contribution in [0, 0.1) is 5.82 Å². The highest BCUT2D eigenvalue weighted by atomic mass is 79.9. The molecule has 0 fully saturated rings. The van der Waals surface area contributed by atoms with E-state index >= 15 is 0 Å². The second-order valence-electron chi connectivity index (χ2n) is 7.87. The average Bonchev–Trinajstić information content (AvgIpc) is 3.19. The van der Waals surface area contributed by atoms with Gasteiger partial charge >= 0.3 is 5.97 Å².